The Morgan fingerprint density at radius 2 is 2.35 bits per heavy atom. The fourth-order valence-electron chi connectivity index (χ4n) is 2.02. The Morgan fingerprint density at radius 3 is 2.94 bits per heavy atom. The third-order valence-electron chi connectivity index (χ3n) is 3.40. The normalized spacial score (nSPS) is 17.4. The number of thioether (sulfide) groups is 1. The zero-order valence-corrected chi connectivity index (χ0v) is 11.6. The number of aromatic nitrogens is 1. The summed E-state index contributed by atoms with van der Waals surface area (Å²) in [6.45, 7) is 4.61. The van der Waals surface area contributed by atoms with Crippen LogP contribution < -0.4 is 0 Å². The molecule has 1 atom stereocenters. The predicted molar refractivity (Wildman–Crippen MR) is 75.3 cm³/mol. The first-order valence-corrected chi connectivity index (χ1v) is 7.74. The van der Waals surface area contributed by atoms with Crippen molar-refractivity contribution in [2.24, 2.45) is 0 Å². The molecular weight excluding hydrogens is 228 g/mol. The van der Waals surface area contributed by atoms with E-state index >= 15 is 0 Å². The van der Waals surface area contributed by atoms with Gasteiger partial charge in [0.15, 0.2) is 0 Å². The molecule has 1 saturated carbocycles. The van der Waals surface area contributed by atoms with Crippen LogP contribution in [0.1, 0.15) is 31.7 Å². The Kier molecular flexibility index (Phi) is 4.86. The Hall–Kier alpha value is -0.540. The zero-order chi connectivity index (χ0) is 12.1. The molecule has 0 aliphatic heterocycles. The lowest BCUT2D eigenvalue weighted by Gasteiger charge is -2.23. The molecule has 1 aliphatic rings. The van der Waals surface area contributed by atoms with Crippen LogP contribution >= 0.6 is 11.8 Å². The van der Waals surface area contributed by atoms with E-state index in [-0.39, 0.29) is 0 Å². The molecule has 0 amide bonds. The summed E-state index contributed by atoms with van der Waals surface area (Å²) in [4.78, 5) is 6.83. The van der Waals surface area contributed by atoms with Crippen LogP contribution in [0, 0.1) is 0 Å². The summed E-state index contributed by atoms with van der Waals surface area (Å²) < 4.78 is 0. The molecular formula is C14H22N2S. The van der Waals surface area contributed by atoms with E-state index in [0.29, 0.717) is 0 Å². The van der Waals surface area contributed by atoms with Gasteiger partial charge in [-0.25, -0.2) is 0 Å². The molecule has 1 heterocycles. The Balaban J connectivity index is 1.85. The molecule has 0 spiro atoms. The highest BCUT2D eigenvalue weighted by Crippen LogP contribution is 2.29. The van der Waals surface area contributed by atoms with Gasteiger partial charge in [0.25, 0.3) is 0 Å². The number of nitrogens with zero attached hydrogens (tertiary/aromatic N) is 2. The lowest BCUT2D eigenvalue weighted by molar-refractivity contribution is 0.251. The van der Waals surface area contributed by atoms with Crippen molar-refractivity contribution >= 4 is 11.8 Å². The summed E-state index contributed by atoms with van der Waals surface area (Å²) in [7, 11) is 0. The van der Waals surface area contributed by atoms with Crippen molar-refractivity contribution in [2.75, 3.05) is 12.8 Å². The summed E-state index contributed by atoms with van der Waals surface area (Å²) in [5.74, 6) is 0. The first-order chi connectivity index (χ1) is 8.29. The van der Waals surface area contributed by atoms with Gasteiger partial charge in [-0.2, -0.15) is 11.8 Å². The van der Waals surface area contributed by atoms with Crippen molar-refractivity contribution < 1.29 is 0 Å². The highest BCUT2D eigenvalue weighted by Gasteiger charge is 2.28. The van der Waals surface area contributed by atoms with Crippen LogP contribution in [0.25, 0.3) is 0 Å². The first kappa shape index (κ1) is 12.9. The highest BCUT2D eigenvalue weighted by atomic mass is 32.2. The summed E-state index contributed by atoms with van der Waals surface area (Å²) >= 11 is 1.97. The molecule has 0 radical (unpaired) electrons. The maximum atomic E-state index is 4.20. The van der Waals surface area contributed by atoms with Crippen molar-refractivity contribution in [3.8, 4) is 0 Å². The van der Waals surface area contributed by atoms with Crippen LogP contribution in [-0.2, 0) is 6.54 Å². The quantitative estimate of drug-likeness (QED) is 0.739. The second kappa shape index (κ2) is 6.41. The molecule has 1 aromatic rings. The fraction of sp³-hybridized carbons (Fsp3) is 0.643. The van der Waals surface area contributed by atoms with E-state index in [2.05, 4.69) is 29.1 Å². The zero-order valence-electron chi connectivity index (χ0n) is 10.8. The third-order valence-corrected chi connectivity index (χ3v) is 4.44. The SMILES string of the molecule is CS[C@H](C)CCN(Cc1cccnc1)C1CC1. The van der Waals surface area contributed by atoms with Gasteiger partial charge in [-0.3, -0.25) is 9.88 Å². The second-order valence-corrected chi connectivity index (χ2v) is 6.17. The molecule has 1 aliphatic carbocycles. The first-order valence-electron chi connectivity index (χ1n) is 6.45. The van der Waals surface area contributed by atoms with Gasteiger partial charge in [0.1, 0.15) is 0 Å². The summed E-state index contributed by atoms with van der Waals surface area (Å²) in [5, 5.41) is 0.769. The largest absolute Gasteiger partial charge is 0.296 e. The van der Waals surface area contributed by atoms with Gasteiger partial charge in [0.05, 0.1) is 0 Å². The van der Waals surface area contributed by atoms with Crippen molar-refractivity contribution in [3.63, 3.8) is 0 Å². The van der Waals surface area contributed by atoms with Crippen LogP contribution in [0.4, 0.5) is 0 Å². The molecule has 0 saturated heterocycles. The van der Waals surface area contributed by atoms with Crippen molar-refractivity contribution in [2.45, 2.75) is 44.0 Å². The Morgan fingerprint density at radius 1 is 1.53 bits per heavy atom. The molecule has 17 heavy (non-hydrogen) atoms. The van der Waals surface area contributed by atoms with Crippen molar-refractivity contribution in [1.82, 2.24) is 9.88 Å². The summed E-state index contributed by atoms with van der Waals surface area (Å²) in [5.41, 5.74) is 1.34. The monoisotopic (exact) mass is 250 g/mol. The maximum Gasteiger partial charge on any atom is 0.0312 e. The molecule has 2 nitrogen and oxygen atoms in total. The molecule has 0 N–H and O–H groups in total. The molecule has 0 unspecified atom stereocenters. The lowest BCUT2D eigenvalue weighted by Crippen LogP contribution is -2.28. The van der Waals surface area contributed by atoms with Gasteiger partial charge < -0.3 is 0 Å². The van der Waals surface area contributed by atoms with Crippen molar-refractivity contribution in [1.29, 1.82) is 0 Å². The average Bonchev–Trinajstić information content (AvgIpc) is 3.19. The van der Waals surface area contributed by atoms with Crippen LogP contribution in [0.3, 0.4) is 0 Å². The molecule has 2 rings (SSSR count). The van der Waals surface area contributed by atoms with Gasteiger partial charge >= 0.3 is 0 Å². The molecule has 3 heteroatoms. The minimum absolute atomic E-state index is 0.769. The Labute approximate surface area is 109 Å². The molecule has 1 fully saturated rings. The lowest BCUT2D eigenvalue weighted by atomic mass is 10.2. The highest BCUT2D eigenvalue weighted by molar-refractivity contribution is 7.99. The topological polar surface area (TPSA) is 16.1 Å². The van der Waals surface area contributed by atoms with E-state index in [1.807, 2.05) is 30.2 Å². The van der Waals surface area contributed by atoms with E-state index in [1.54, 1.807) is 0 Å². The van der Waals surface area contributed by atoms with Crippen LogP contribution in [0.15, 0.2) is 24.5 Å². The minimum atomic E-state index is 0.769. The molecule has 1 aromatic heterocycles. The third kappa shape index (κ3) is 4.32. The van der Waals surface area contributed by atoms with Crippen LogP contribution in [0.2, 0.25) is 0 Å². The number of rotatable bonds is 7. The second-order valence-electron chi connectivity index (χ2n) is 4.90. The van der Waals surface area contributed by atoms with E-state index in [1.165, 1.54) is 31.4 Å². The van der Waals surface area contributed by atoms with Gasteiger partial charge in [0, 0.05) is 30.2 Å². The smallest absolute Gasteiger partial charge is 0.0312 e. The van der Waals surface area contributed by atoms with E-state index < -0.39 is 0 Å². The van der Waals surface area contributed by atoms with Gasteiger partial charge in [-0.05, 0) is 43.7 Å². The van der Waals surface area contributed by atoms with Crippen LogP contribution in [0.5, 0.6) is 0 Å². The molecule has 0 bridgehead atoms. The standard InChI is InChI=1S/C14H22N2S/c1-12(17-2)7-9-16(14-5-6-14)11-13-4-3-8-15-10-13/h3-4,8,10,12,14H,5-7,9,11H2,1-2H3/t12-/m1/s1. The minimum Gasteiger partial charge on any atom is -0.296 e. The number of pyridine rings is 1. The van der Waals surface area contributed by atoms with E-state index in [4.69, 9.17) is 0 Å². The van der Waals surface area contributed by atoms with Crippen molar-refractivity contribution in [3.05, 3.63) is 30.1 Å². The van der Waals surface area contributed by atoms with Gasteiger partial charge in [-0.15, -0.1) is 0 Å². The van der Waals surface area contributed by atoms with Crippen LogP contribution in [-0.4, -0.2) is 34.0 Å². The van der Waals surface area contributed by atoms with E-state index in [0.717, 1.165) is 17.8 Å². The fourth-order valence-corrected chi connectivity index (χ4v) is 2.36. The summed E-state index contributed by atoms with van der Waals surface area (Å²) in [6, 6.07) is 5.05. The molecule has 0 aromatic carbocycles. The summed E-state index contributed by atoms with van der Waals surface area (Å²) in [6.07, 6.45) is 10.1. The number of hydrogen-bond donors (Lipinski definition) is 0. The predicted octanol–water partition coefficient (Wildman–Crippen LogP) is 3.19. The Bertz CT molecular complexity index is 324. The number of hydrogen-bond acceptors (Lipinski definition) is 3. The average molecular weight is 250 g/mol. The van der Waals surface area contributed by atoms with Gasteiger partial charge in [0.2, 0.25) is 0 Å². The molecule has 94 valence electrons. The van der Waals surface area contributed by atoms with E-state index in [9.17, 15) is 0 Å². The maximum absolute atomic E-state index is 4.20. The van der Waals surface area contributed by atoms with Gasteiger partial charge in [-0.1, -0.05) is 13.0 Å².